The number of aliphatic hydroxyl groups excluding tert-OH is 2. The molecule has 0 spiro atoms. The molecule has 0 bridgehead atoms. The minimum absolute atomic E-state index is 0.0213. The topological polar surface area (TPSA) is 138 Å². The number of fused-ring (bicyclic) bond motifs is 1. The number of aliphatic hydroxyl groups is 2. The lowest BCUT2D eigenvalue weighted by Crippen LogP contribution is -2.33. The Hall–Kier alpha value is -3.59. The number of nitrogens with zero attached hydrogens (tertiary/aromatic N) is 4. The van der Waals surface area contributed by atoms with E-state index < -0.39 is 17.8 Å². The largest absolute Gasteiger partial charge is 0.461 e. The van der Waals surface area contributed by atoms with E-state index in [0.29, 0.717) is 76.1 Å². The van der Waals surface area contributed by atoms with Gasteiger partial charge in [-0.15, -0.1) is 0 Å². The molecule has 0 amide bonds. The average Bonchev–Trinajstić information content (AvgIpc) is 3.65. The molecule has 1 saturated carbocycles. The van der Waals surface area contributed by atoms with Gasteiger partial charge in [0.1, 0.15) is 29.1 Å². The van der Waals surface area contributed by atoms with Crippen molar-refractivity contribution < 1.29 is 38.2 Å². The maximum Gasteiger partial charge on any atom is 0.349 e. The number of halogens is 3. The molecule has 0 atom stereocenters. The minimum Gasteiger partial charge on any atom is -0.461 e. The molecule has 4 aromatic rings. The summed E-state index contributed by atoms with van der Waals surface area (Å²) in [5, 5.41) is 23.7. The number of hydrogen-bond donors (Lipinski definition) is 2. The van der Waals surface area contributed by atoms with E-state index in [1.165, 1.54) is 11.3 Å². The number of benzene rings is 2. The lowest BCUT2D eigenvalue weighted by molar-refractivity contribution is 0.0442. The summed E-state index contributed by atoms with van der Waals surface area (Å²) in [5.74, 6) is -0.912. The van der Waals surface area contributed by atoms with Crippen LogP contribution in [0.5, 0.6) is 0 Å². The van der Waals surface area contributed by atoms with Gasteiger partial charge in [0, 0.05) is 50.6 Å². The van der Waals surface area contributed by atoms with E-state index in [1.807, 2.05) is 4.90 Å². The van der Waals surface area contributed by atoms with Crippen LogP contribution < -0.4 is 4.90 Å². The molecule has 2 aliphatic rings. The van der Waals surface area contributed by atoms with Crippen LogP contribution >= 0.6 is 34.5 Å². The highest BCUT2D eigenvalue weighted by Crippen LogP contribution is 2.46. The number of thiazole rings is 1. The van der Waals surface area contributed by atoms with Crippen LogP contribution in [-0.2, 0) is 9.47 Å². The predicted molar refractivity (Wildman–Crippen MR) is 175 cm³/mol. The number of anilines is 1. The predicted octanol–water partition coefficient (Wildman–Crippen LogP) is 5.67. The Bertz CT molecular complexity index is 1800. The zero-order valence-electron chi connectivity index (χ0n) is 25.1. The Morgan fingerprint density at radius 2 is 1.85 bits per heavy atom. The zero-order chi connectivity index (χ0) is 33.1. The molecular formula is C32H31Cl2FN4O7S. The van der Waals surface area contributed by atoms with Gasteiger partial charge in [0.15, 0.2) is 16.7 Å². The number of esters is 2. The van der Waals surface area contributed by atoms with Gasteiger partial charge in [0.05, 0.1) is 33.5 Å². The smallest absolute Gasteiger partial charge is 0.349 e. The molecule has 47 heavy (non-hydrogen) atoms. The molecule has 2 aromatic carbocycles. The molecule has 0 saturated heterocycles. The van der Waals surface area contributed by atoms with Crippen molar-refractivity contribution in [3.8, 4) is 11.3 Å². The molecule has 0 unspecified atom stereocenters. The molecule has 1 aliphatic heterocycles. The number of rotatable bonds is 13. The van der Waals surface area contributed by atoms with Crippen molar-refractivity contribution in [1.29, 1.82) is 0 Å². The summed E-state index contributed by atoms with van der Waals surface area (Å²) < 4.78 is 32.3. The number of hydrogen-bond acceptors (Lipinski definition) is 12. The standard InChI is InChI=1S/C32H31Cl2FN4O7S/c33-21-2-1-3-22(34)25(21)28-26(29(46-37-28)18-4-5-18)31(43)45-20-6-8-39(9-7-20)32-36-27-23(35)16-19(17-24(27)47-32)30(42)44-15-12-38(10-13-40)11-14-41/h1-3,6,16-18,40-41H,4-5,7-15H2. The minimum atomic E-state index is -0.682. The van der Waals surface area contributed by atoms with Gasteiger partial charge in [0.25, 0.3) is 0 Å². The molecule has 6 rings (SSSR count). The van der Waals surface area contributed by atoms with E-state index in [4.69, 9.17) is 47.4 Å². The molecule has 0 radical (unpaired) electrons. The van der Waals surface area contributed by atoms with E-state index in [-0.39, 0.29) is 48.1 Å². The maximum absolute atomic E-state index is 15.0. The van der Waals surface area contributed by atoms with Crippen molar-refractivity contribution in [2.75, 3.05) is 57.4 Å². The molecule has 2 N–H and O–H groups in total. The Balaban J connectivity index is 1.12. The van der Waals surface area contributed by atoms with Gasteiger partial charge in [-0.05, 0) is 43.2 Å². The normalized spacial score (nSPS) is 14.9. The van der Waals surface area contributed by atoms with E-state index >= 15 is 4.39 Å². The molecule has 1 fully saturated rings. The van der Waals surface area contributed by atoms with Crippen molar-refractivity contribution >= 4 is 61.8 Å². The third kappa shape index (κ3) is 7.45. The van der Waals surface area contributed by atoms with Crippen LogP contribution in [-0.4, -0.2) is 89.7 Å². The SMILES string of the molecule is O=C(OCCN(CCO)CCO)c1cc(F)c2nc(N3CC=C(OC(=O)c4c(-c5c(Cl)cccc5Cl)noc4C4CC4)CC3)sc2c1. The first-order chi connectivity index (χ1) is 22.8. The average molecular weight is 706 g/mol. The first-order valence-electron chi connectivity index (χ1n) is 15.1. The fourth-order valence-electron chi connectivity index (χ4n) is 5.31. The summed E-state index contributed by atoms with van der Waals surface area (Å²) in [5.41, 5.74) is 1.07. The van der Waals surface area contributed by atoms with E-state index in [1.54, 1.807) is 35.2 Å². The van der Waals surface area contributed by atoms with E-state index in [0.717, 1.165) is 18.9 Å². The second-order valence-electron chi connectivity index (χ2n) is 11.1. The van der Waals surface area contributed by atoms with Crippen LogP contribution in [0.25, 0.3) is 21.5 Å². The van der Waals surface area contributed by atoms with Crippen LogP contribution in [0.4, 0.5) is 9.52 Å². The van der Waals surface area contributed by atoms with Crippen LogP contribution in [0, 0.1) is 5.82 Å². The van der Waals surface area contributed by atoms with E-state index in [9.17, 15) is 9.59 Å². The monoisotopic (exact) mass is 704 g/mol. The van der Waals surface area contributed by atoms with Crippen molar-refractivity contribution in [2.24, 2.45) is 0 Å². The Labute approximate surface area is 283 Å². The highest BCUT2D eigenvalue weighted by Gasteiger charge is 2.37. The van der Waals surface area contributed by atoms with Gasteiger partial charge in [0.2, 0.25) is 0 Å². The molecule has 248 valence electrons. The van der Waals surface area contributed by atoms with Gasteiger partial charge in [-0.2, -0.15) is 0 Å². The Morgan fingerprint density at radius 1 is 1.11 bits per heavy atom. The lowest BCUT2D eigenvalue weighted by Gasteiger charge is -2.25. The number of aromatic nitrogens is 2. The fourth-order valence-corrected chi connectivity index (χ4v) is 6.94. The summed E-state index contributed by atoms with van der Waals surface area (Å²) in [4.78, 5) is 34.3. The van der Waals surface area contributed by atoms with Crippen molar-refractivity contribution in [3.63, 3.8) is 0 Å². The van der Waals surface area contributed by atoms with E-state index in [2.05, 4.69) is 10.1 Å². The zero-order valence-corrected chi connectivity index (χ0v) is 27.4. The van der Waals surface area contributed by atoms with Crippen LogP contribution in [0.1, 0.15) is 51.7 Å². The van der Waals surface area contributed by atoms with Crippen molar-refractivity contribution in [2.45, 2.75) is 25.2 Å². The van der Waals surface area contributed by atoms with Crippen molar-refractivity contribution in [1.82, 2.24) is 15.0 Å². The lowest BCUT2D eigenvalue weighted by atomic mass is 10.0. The summed E-state index contributed by atoms with van der Waals surface area (Å²) in [7, 11) is 0. The third-order valence-electron chi connectivity index (χ3n) is 7.88. The molecule has 1 aliphatic carbocycles. The van der Waals surface area contributed by atoms with Gasteiger partial charge < -0.3 is 29.1 Å². The first kappa shape index (κ1) is 33.3. The number of carbonyl (C=O) groups is 2. The van der Waals surface area contributed by atoms with Crippen LogP contribution in [0.15, 0.2) is 46.7 Å². The molecule has 15 heteroatoms. The van der Waals surface area contributed by atoms with Crippen molar-refractivity contribution in [3.05, 3.63) is 74.9 Å². The highest BCUT2D eigenvalue weighted by molar-refractivity contribution is 7.22. The molecule has 2 aromatic heterocycles. The Kier molecular flexibility index (Phi) is 10.4. The van der Waals surface area contributed by atoms with Gasteiger partial charge in [-0.1, -0.05) is 45.8 Å². The summed E-state index contributed by atoms with van der Waals surface area (Å²) >= 11 is 14.1. The van der Waals surface area contributed by atoms with Gasteiger partial charge in [-0.3, -0.25) is 4.90 Å². The number of ether oxygens (including phenoxy) is 2. The first-order valence-corrected chi connectivity index (χ1v) is 16.7. The summed E-state index contributed by atoms with van der Waals surface area (Å²) in [6, 6.07) is 7.69. The number of carbonyl (C=O) groups excluding carboxylic acids is 2. The van der Waals surface area contributed by atoms with Crippen LogP contribution in [0.2, 0.25) is 10.0 Å². The molecular weight excluding hydrogens is 674 g/mol. The van der Waals surface area contributed by atoms with Gasteiger partial charge in [-0.25, -0.2) is 19.0 Å². The maximum atomic E-state index is 15.0. The third-order valence-corrected chi connectivity index (χ3v) is 9.57. The second-order valence-corrected chi connectivity index (χ2v) is 12.9. The molecule has 3 heterocycles. The van der Waals surface area contributed by atoms with Crippen LogP contribution in [0.3, 0.4) is 0 Å². The summed E-state index contributed by atoms with van der Waals surface area (Å²) in [6.07, 6.45) is 3.92. The molecule has 11 nitrogen and oxygen atoms in total. The summed E-state index contributed by atoms with van der Waals surface area (Å²) in [6.45, 7) is 1.65. The van der Waals surface area contributed by atoms with Gasteiger partial charge >= 0.3 is 11.9 Å². The fraction of sp³-hybridized carbons (Fsp3) is 0.375. The Morgan fingerprint density at radius 3 is 2.51 bits per heavy atom. The highest BCUT2D eigenvalue weighted by atomic mass is 35.5. The second kappa shape index (κ2) is 14.7. The quantitative estimate of drug-likeness (QED) is 0.167.